The third kappa shape index (κ3) is 2.12. The first-order chi connectivity index (χ1) is 7.72. The summed E-state index contributed by atoms with van der Waals surface area (Å²) in [6.45, 7) is 4.95. The van der Waals surface area contributed by atoms with Gasteiger partial charge in [-0.1, -0.05) is 30.3 Å². The van der Waals surface area contributed by atoms with Gasteiger partial charge in [-0.15, -0.1) is 11.6 Å². The van der Waals surface area contributed by atoms with Crippen molar-refractivity contribution >= 4 is 11.6 Å². The fourth-order valence-electron chi connectivity index (χ4n) is 1.80. The maximum atomic E-state index is 5.90. The Hall–Kier alpha value is -1.28. The molecule has 2 aromatic rings. The summed E-state index contributed by atoms with van der Waals surface area (Å²) in [5.41, 5.74) is 3.53. The Kier molecular flexibility index (Phi) is 3.30. The lowest BCUT2D eigenvalue weighted by atomic mass is 10.2. The van der Waals surface area contributed by atoms with Gasteiger partial charge in [-0.05, 0) is 19.4 Å². The van der Waals surface area contributed by atoms with Crippen LogP contribution in [0.2, 0.25) is 0 Å². The predicted octanol–water partition coefficient (Wildman–Crippen LogP) is 3.29. The summed E-state index contributed by atoms with van der Waals surface area (Å²) >= 11 is 5.90. The van der Waals surface area contributed by atoms with Crippen LogP contribution in [0.15, 0.2) is 30.3 Å². The van der Waals surface area contributed by atoms with E-state index in [1.807, 2.05) is 13.0 Å². The number of rotatable bonds is 3. The molecule has 0 saturated heterocycles. The van der Waals surface area contributed by atoms with E-state index >= 15 is 0 Å². The second-order valence-corrected chi connectivity index (χ2v) is 4.17. The molecule has 0 N–H and O–H groups in total. The summed E-state index contributed by atoms with van der Waals surface area (Å²) in [7, 11) is 0. The average molecular weight is 235 g/mol. The number of hydrogen-bond acceptors (Lipinski definition) is 1. The number of nitrogens with zero attached hydrogens (tertiary/aromatic N) is 2. The molecular weight excluding hydrogens is 220 g/mol. The second-order valence-electron chi connectivity index (χ2n) is 3.90. The first-order valence-electron chi connectivity index (χ1n) is 5.35. The molecule has 3 heteroatoms. The van der Waals surface area contributed by atoms with Crippen molar-refractivity contribution in [3.8, 4) is 0 Å². The summed E-state index contributed by atoms with van der Waals surface area (Å²) < 4.78 is 2.18. The van der Waals surface area contributed by atoms with E-state index in [1.165, 1.54) is 11.3 Å². The first-order valence-corrected chi connectivity index (χ1v) is 5.88. The number of aromatic nitrogens is 2. The third-order valence-electron chi connectivity index (χ3n) is 2.84. The molecule has 0 unspecified atom stereocenters. The highest BCUT2D eigenvalue weighted by Gasteiger charge is 2.09. The molecule has 0 bridgehead atoms. The van der Waals surface area contributed by atoms with Gasteiger partial charge in [0.1, 0.15) is 5.82 Å². The van der Waals surface area contributed by atoms with Crippen molar-refractivity contribution in [3.63, 3.8) is 0 Å². The number of imidazole rings is 1. The molecule has 1 aromatic carbocycles. The zero-order chi connectivity index (χ0) is 11.5. The molecule has 1 heterocycles. The van der Waals surface area contributed by atoms with Gasteiger partial charge in [0.15, 0.2) is 0 Å². The SMILES string of the molecule is Cc1nc(CCl)n(Cc2ccccc2)c1C. The monoisotopic (exact) mass is 234 g/mol. The minimum Gasteiger partial charge on any atom is -0.327 e. The molecule has 0 radical (unpaired) electrons. The topological polar surface area (TPSA) is 17.8 Å². The highest BCUT2D eigenvalue weighted by atomic mass is 35.5. The molecule has 2 nitrogen and oxygen atoms in total. The zero-order valence-corrected chi connectivity index (χ0v) is 10.3. The molecule has 0 fully saturated rings. The van der Waals surface area contributed by atoms with Crippen LogP contribution in [0.3, 0.4) is 0 Å². The van der Waals surface area contributed by atoms with E-state index in [-0.39, 0.29) is 0 Å². The smallest absolute Gasteiger partial charge is 0.124 e. The van der Waals surface area contributed by atoms with Crippen LogP contribution in [0.4, 0.5) is 0 Å². The Balaban J connectivity index is 2.34. The summed E-state index contributed by atoms with van der Waals surface area (Å²) in [5.74, 6) is 1.40. The standard InChI is InChI=1S/C13H15ClN2/c1-10-11(2)16(13(8-14)15-10)9-12-6-4-3-5-7-12/h3-7H,8-9H2,1-2H3. The van der Waals surface area contributed by atoms with Gasteiger partial charge < -0.3 is 4.57 Å². The Labute approximate surface area is 101 Å². The third-order valence-corrected chi connectivity index (χ3v) is 3.08. The minimum absolute atomic E-state index is 0.460. The van der Waals surface area contributed by atoms with E-state index in [2.05, 4.69) is 40.7 Å². The van der Waals surface area contributed by atoms with Crippen molar-refractivity contribution in [2.24, 2.45) is 0 Å². The van der Waals surface area contributed by atoms with Crippen molar-refractivity contribution in [2.75, 3.05) is 0 Å². The molecule has 2 rings (SSSR count). The molecule has 0 aliphatic carbocycles. The molecule has 16 heavy (non-hydrogen) atoms. The average Bonchev–Trinajstić information content (AvgIpc) is 2.58. The second kappa shape index (κ2) is 4.71. The Bertz CT molecular complexity index is 474. The zero-order valence-electron chi connectivity index (χ0n) is 9.57. The van der Waals surface area contributed by atoms with Crippen molar-refractivity contribution in [1.82, 2.24) is 9.55 Å². The molecule has 0 atom stereocenters. The Morgan fingerprint density at radius 1 is 1.19 bits per heavy atom. The summed E-state index contributed by atoms with van der Waals surface area (Å²) in [6.07, 6.45) is 0. The normalized spacial score (nSPS) is 10.7. The van der Waals surface area contributed by atoms with Gasteiger partial charge in [-0.2, -0.15) is 0 Å². The van der Waals surface area contributed by atoms with Crippen LogP contribution in [0.25, 0.3) is 0 Å². The molecule has 84 valence electrons. The van der Waals surface area contributed by atoms with Crippen LogP contribution in [-0.4, -0.2) is 9.55 Å². The highest BCUT2D eigenvalue weighted by Crippen LogP contribution is 2.14. The van der Waals surface area contributed by atoms with Crippen LogP contribution in [0.1, 0.15) is 22.8 Å². The molecule has 0 amide bonds. The number of aryl methyl sites for hydroxylation is 1. The van der Waals surface area contributed by atoms with Gasteiger partial charge in [0.2, 0.25) is 0 Å². The molecule has 0 aliphatic rings. The lowest BCUT2D eigenvalue weighted by Crippen LogP contribution is -2.05. The van der Waals surface area contributed by atoms with E-state index in [0.29, 0.717) is 5.88 Å². The molecular formula is C13H15ClN2. The van der Waals surface area contributed by atoms with Crippen LogP contribution < -0.4 is 0 Å². The van der Waals surface area contributed by atoms with Crippen molar-refractivity contribution < 1.29 is 0 Å². The molecule has 0 saturated carbocycles. The van der Waals surface area contributed by atoms with Crippen molar-refractivity contribution in [3.05, 3.63) is 53.1 Å². The maximum Gasteiger partial charge on any atom is 0.124 e. The van der Waals surface area contributed by atoms with Gasteiger partial charge >= 0.3 is 0 Å². The Morgan fingerprint density at radius 2 is 1.88 bits per heavy atom. The van der Waals surface area contributed by atoms with Gasteiger partial charge in [-0.25, -0.2) is 4.98 Å². The molecule has 0 aliphatic heterocycles. The number of halogens is 1. The highest BCUT2D eigenvalue weighted by molar-refractivity contribution is 6.16. The van der Waals surface area contributed by atoms with Crippen LogP contribution in [-0.2, 0) is 12.4 Å². The lowest BCUT2D eigenvalue weighted by molar-refractivity contribution is 0.732. The van der Waals surface area contributed by atoms with Gasteiger partial charge in [-0.3, -0.25) is 0 Å². The first kappa shape index (κ1) is 11.2. The quantitative estimate of drug-likeness (QED) is 0.746. The van der Waals surface area contributed by atoms with Crippen LogP contribution in [0.5, 0.6) is 0 Å². The molecule has 0 spiro atoms. The van der Waals surface area contributed by atoms with Gasteiger partial charge in [0.05, 0.1) is 11.6 Å². The van der Waals surface area contributed by atoms with Gasteiger partial charge in [0.25, 0.3) is 0 Å². The largest absolute Gasteiger partial charge is 0.327 e. The minimum atomic E-state index is 0.460. The van der Waals surface area contributed by atoms with Crippen molar-refractivity contribution in [2.45, 2.75) is 26.3 Å². The molecule has 1 aromatic heterocycles. The van der Waals surface area contributed by atoms with E-state index in [1.54, 1.807) is 0 Å². The predicted molar refractivity (Wildman–Crippen MR) is 66.8 cm³/mol. The fraction of sp³-hybridized carbons (Fsp3) is 0.308. The van der Waals surface area contributed by atoms with Crippen molar-refractivity contribution in [1.29, 1.82) is 0 Å². The number of hydrogen-bond donors (Lipinski definition) is 0. The van der Waals surface area contributed by atoms with Gasteiger partial charge in [0, 0.05) is 12.2 Å². The Morgan fingerprint density at radius 3 is 2.50 bits per heavy atom. The lowest BCUT2D eigenvalue weighted by Gasteiger charge is -2.08. The number of benzene rings is 1. The van der Waals surface area contributed by atoms with Crippen LogP contribution in [0, 0.1) is 13.8 Å². The summed E-state index contributed by atoms with van der Waals surface area (Å²) in [5, 5.41) is 0. The van der Waals surface area contributed by atoms with Crippen LogP contribution >= 0.6 is 11.6 Å². The van der Waals surface area contributed by atoms with E-state index < -0.39 is 0 Å². The number of alkyl halides is 1. The van der Waals surface area contributed by atoms with E-state index in [0.717, 1.165) is 18.1 Å². The summed E-state index contributed by atoms with van der Waals surface area (Å²) in [4.78, 5) is 4.46. The fourth-order valence-corrected chi connectivity index (χ4v) is 2.01. The van der Waals surface area contributed by atoms with E-state index in [4.69, 9.17) is 11.6 Å². The summed E-state index contributed by atoms with van der Waals surface area (Å²) in [6, 6.07) is 10.4. The van der Waals surface area contributed by atoms with E-state index in [9.17, 15) is 0 Å². The maximum absolute atomic E-state index is 5.90.